The fourth-order valence-electron chi connectivity index (χ4n) is 2.48. The molecule has 3 N–H and O–H groups in total. The lowest BCUT2D eigenvalue weighted by atomic mass is 10.0. The van der Waals surface area contributed by atoms with Gasteiger partial charge in [-0.15, -0.1) is 0 Å². The number of carboxylic acids is 1. The number of carbonyl (C=O) groups is 2. The Hall–Kier alpha value is -2.80. The van der Waals surface area contributed by atoms with Crippen molar-refractivity contribution in [2.75, 3.05) is 6.54 Å². The Morgan fingerprint density at radius 3 is 2.84 bits per heavy atom. The molecule has 1 aliphatic rings. The van der Waals surface area contributed by atoms with Crippen molar-refractivity contribution in [2.45, 2.75) is 18.2 Å². The van der Waals surface area contributed by atoms with Gasteiger partial charge in [0, 0.05) is 6.54 Å². The Kier molecular flexibility index (Phi) is 5.04. The first kappa shape index (κ1) is 17.0. The standard InChI is InChI=1S/C18H17N3O3S/c1-11-6-7-14-15(10-11)25-21-16(20-14)17(22)19-9-8-12-4-2-3-5-13(12)18(23)24/h2-7,10H,8-9H2,1H3,(H,19,22)(H,20,21)(H,23,24). The molecule has 1 aliphatic heterocycles. The summed E-state index contributed by atoms with van der Waals surface area (Å²) in [6.07, 6.45) is 0.435. The molecular formula is C18H17N3O3S. The van der Waals surface area contributed by atoms with E-state index in [0.717, 1.165) is 16.1 Å². The molecule has 7 heteroatoms. The van der Waals surface area contributed by atoms with Gasteiger partial charge in [0.15, 0.2) is 0 Å². The number of amides is 1. The third-order valence-electron chi connectivity index (χ3n) is 3.75. The first-order valence-corrected chi connectivity index (χ1v) is 8.58. The summed E-state index contributed by atoms with van der Waals surface area (Å²) >= 11 is 1.36. The molecule has 0 aliphatic carbocycles. The quantitative estimate of drug-likeness (QED) is 0.718. The van der Waals surface area contributed by atoms with E-state index in [9.17, 15) is 14.7 Å². The van der Waals surface area contributed by atoms with E-state index in [-0.39, 0.29) is 17.3 Å². The maximum atomic E-state index is 12.2. The van der Waals surface area contributed by atoms with Gasteiger partial charge in [-0.3, -0.25) is 4.79 Å². The predicted octanol–water partition coefficient (Wildman–Crippen LogP) is 2.69. The summed E-state index contributed by atoms with van der Waals surface area (Å²) < 4.78 is 2.94. The summed E-state index contributed by atoms with van der Waals surface area (Å²) in [5.41, 5.74) is 2.83. The highest BCUT2D eigenvalue weighted by Gasteiger charge is 2.18. The number of amidine groups is 1. The fourth-order valence-corrected chi connectivity index (χ4v) is 3.29. The molecule has 0 spiro atoms. The smallest absolute Gasteiger partial charge is 0.335 e. The van der Waals surface area contributed by atoms with E-state index in [1.165, 1.54) is 11.9 Å². The molecule has 128 valence electrons. The van der Waals surface area contributed by atoms with Crippen molar-refractivity contribution in [2.24, 2.45) is 4.99 Å². The van der Waals surface area contributed by atoms with Crippen molar-refractivity contribution >= 4 is 35.3 Å². The Bertz CT molecular complexity index is 864. The molecule has 0 saturated carbocycles. The molecule has 0 bridgehead atoms. The number of aryl methyl sites for hydroxylation is 1. The van der Waals surface area contributed by atoms with E-state index in [1.807, 2.05) is 25.1 Å². The van der Waals surface area contributed by atoms with Crippen molar-refractivity contribution in [3.05, 3.63) is 59.2 Å². The number of aromatic carboxylic acids is 1. The van der Waals surface area contributed by atoms with Crippen LogP contribution in [0, 0.1) is 6.92 Å². The number of nitrogens with zero attached hydrogens (tertiary/aromatic N) is 1. The molecule has 25 heavy (non-hydrogen) atoms. The third kappa shape index (κ3) is 4.00. The molecule has 2 aromatic rings. The van der Waals surface area contributed by atoms with Gasteiger partial charge in [-0.25, -0.2) is 9.79 Å². The van der Waals surface area contributed by atoms with Crippen molar-refractivity contribution in [3.63, 3.8) is 0 Å². The van der Waals surface area contributed by atoms with Gasteiger partial charge in [-0.05, 0) is 54.6 Å². The Morgan fingerprint density at radius 1 is 1.24 bits per heavy atom. The second-order valence-electron chi connectivity index (χ2n) is 5.60. The van der Waals surface area contributed by atoms with E-state index in [4.69, 9.17) is 0 Å². The monoisotopic (exact) mass is 355 g/mol. The average molecular weight is 355 g/mol. The summed E-state index contributed by atoms with van der Waals surface area (Å²) in [4.78, 5) is 28.8. The van der Waals surface area contributed by atoms with E-state index in [1.54, 1.807) is 24.3 Å². The fraction of sp³-hybridized carbons (Fsp3) is 0.167. The lowest BCUT2D eigenvalue weighted by Gasteiger charge is -2.16. The first-order valence-electron chi connectivity index (χ1n) is 7.76. The van der Waals surface area contributed by atoms with Crippen LogP contribution in [0.1, 0.15) is 21.5 Å². The largest absolute Gasteiger partial charge is 0.478 e. The zero-order valence-electron chi connectivity index (χ0n) is 13.6. The van der Waals surface area contributed by atoms with Crippen LogP contribution in [0.5, 0.6) is 0 Å². The molecule has 1 heterocycles. The minimum Gasteiger partial charge on any atom is -0.478 e. The number of nitrogens with one attached hydrogen (secondary N) is 2. The van der Waals surface area contributed by atoms with Crippen molar-refractivity contribution in [1.29, 1.82) is 0 Å². The molecule has 0 atom stereocenters. The number of aliphatic imine (C=N–C) groups is 1. The maximum Gasteiger partial charge on any atom is 0.335 e. The molecule has 0 unspecified atom stereocenters. The highest BCUT2D eigenvalue weighted by atomic mass is 32.2. The molecule has 6 nitrogen and oxygen atoms in total. The second kappa shape index (κ2) is 7.40. The molecule has 2 aromatic carbocycles. The Balaban J connectivity index is 1.62. The number of carbonyl (C=O) groups excluding carboxylic acids is 1. The maximum absolute atomic E-state index is 12.2. The van der Waals surface area contributed by atoms with Crippen LogP contribution in [-0.4, -0.2) is 29.4 Å². The zero-order chi connectivity index (χ0) is 17.8. The first-order chi connectivity index (χ1) is 12.0. The molecule has 0 fully saturated rings. The van der Waals surface area contributed by atoms with Gasteiger partial charge in [0.2, 0.25) is 5.84 Å². The summed E-state index contributed by atoms with van der Waals surface area (Å²) in [6, 6.07) is 12.6. The van der Waals surface area contributed by atoms with E-state index in [0.29, 0.717) is 18.5 Å². The third-order valence-corrected chi connectivity index (χ3v) is 4.59. The molecular weight excluding hydrogens is 338 g/mol. The van der Waals surface area contributed by atoms with Gasteiger partial charge < -0.3 is 15.1 Å². The van der Waals surface area contributed by atoms with Crippen LogP contribution in [0.2, 0.25) is 0 Å². The van der Waals surface area contributed by atoms with Crippen LogP contribution in [0.3, 0.4) is 0 Å². The number of rotatable bonds is 5. The highest BCUT2D eigenvalue weighted by molar-refractivity contribution is 7.98. The molecule has 0 aromatic heterocycles. The summed E-state index contributed by atoms with van der Waals surface area (Å²) in [6.45, 7) is 2.33. The Labute approximate surface area is 149 Å². The SMILES string of the molecule is Cc1ccc2c(c1)SNC(C(=O)NCCc1ccccc1C(=O)O)=N2. The predicted molar refractivity (Wildman–Crippen MR) is 97.4 cm³/mol. The molecule has 1 amide bonds. The van der Waals surface area contributed by atoms with Crippen LogP contribution in [0.25, 0.3) is 0 Å². The summed E-state index contributed by atoms with van der Waals surface area (Å²) in [5.74, 6) is -1.04. The van der Waals surface area contributed by atoms with Gasteiger partial charge in [0.05, 0.1) is 16.1 Å². The number of carboxylic acid groups (broad SMARTS) is 1. The van der Waals surface area contributed by atoms with Gasteiger partial charge in [0.25, 0.3) is 5.91 Å². The minimum absolute atomic E-state index is 0.243. The normalized spacial score (nSPS) is 12.6. The Morgan fingerprint density at radius 2 is 2.04 bits per heavy atom. The van der Waals surface area contributed by atoms with Crippen LogP contribution in [-0.2, 0) is 11.2 Å². The minimum atomic E-state index is -0.969. The van der Waals surface area contributed by atoms with Gasteiger partial charge in [-0.2, -0.15) is 0 Å². The topological polar surface area (TPSA) is 90.8 Å². The van der Waals surface area contributed by atoms with E-state index in [2.05, 4.69) is 15.0 Å². The molecule has 0 radical (unpaired) electrons. The van der Waals surface area contributed by atoms with Gasteiger partial charge >= 0.3 is 5.97 Å². The highest BCUT2D eigenvalue weighted by Crippen LogP contribution is 2.31. The molecule has 3 rings (SSSR count). The van der Waals surface area contributed by atoms with E-state index < -0.39 is 5.97 Å². The van der Waals surface area contributed by atoms with Crippen molar-refractivity contribution < 1.29 is 14.7 Å². The summed E-state index contributed by atoms with van der Waals surface area (Å²) in [7, 11) is 0. The lowest BCUT2D eigenvalue weighted by molar-refractivity contribution is -0.114. The van der Waals surface area contributed by atoms with Crippen LogP contribution >= 0.6 is 11.9 Å². The lowest BCUT2D eigenvalue weighted by Crippen LogP contribution is -2.39. The van der Waals surface area contributed by atoms with Crippen LogP contribution in [0.4, 0.5) is 5.69 Å². The molecule has 0 saturated heterocycles. The summed E-state index contributed by atoms with van der Waals surface area (Å²) in [5, 5.41) is 11.9. The van der Waals surface area contributed by atoms with Crippen molar-refractivity contribution in [3.8, 4) is 0 Å². The average Bonchev–Trinajstić information content (AvgIpc) is 2.61. The van der Waals surface area contributed by atoms with Gasteiger partial charge in [0.1, 0.15) is 0 Å². The number of hydrogen-bond acceptors (Lipinski definition) is 5. The van der Waals surface area contributed by atoms with Crippen molar-refractivity contribution in [1.82, 2.24) is 10.0 Å². The van der Waals surface area contributed by atoms with Crippen LogP contribution in [0.15, 0.2) is 52.4 Å². The van der Waals surface area contributed by atoms with Gasteiger partial charge in [-0.1, -0.05) is 24.3 Å². The van der Waals surface area contributed by atoms with E-state index >= 15 is 0 Å². The number of hydrogen-bond donors (Lipinski definition) is 3. The van der Waals surface area contributed by atoms with Crippen LogP contribution < -0.4 is 10.0 Å². The number of fused-ring (bicyclic) bond motifs is 1. The zero-order valence-corrected chi connectivity index (χ0v) is 14.4. The second-order valence-corrected chi connectivity index (χ2v) is 6.45. The number of benzene rings is 2.